The van der Waals surface area contributed by atoms with Crippen LogP contribution in [0, 0.1) is 0 Å². The Labute approximate surface area is 487 Å². The Bertz CT molecular complexity index is 4020. The van der Waals surface area contributed by atoms with Gasteiger partial charge in [-0.25, -0.2) is 0 Å². The monoisotopic (exact) mass is 1040 g/mol. The summed E-state index contributed by atoms with van der Waals surface area (Å²) >= 11 is 0. The Kier molecular flexibility index (Phi) is 10.4. The van der Waals surface area contributed by atoms with E-state index in [1.165, 1.54) is 34.2 Å². The van der Waals surface area contributed by atoms with Gasteiger partial charge in [0.1, 0.15) is 0 Å². The van der Waals surface area contributed by atoms with E-state index in [0.29, 0.717) is 11.1 Å². The highest BCUT2D eigenvalue weighted by atomic mass is 15.2. The molecule has 3 heteroatoms. The van der Waals surface area contributed by atoms with Crippen molar-refractivity contribution in [2.24, 2.45) is 0 Å². The third-order valence-electron chi connectivity index (χ3n) is 17.1. The fourth-order valence-corrected chi connectivity index (χ4v) is 12.5. The number of nitrogens with zero attached hydrogens (tertiary/aromatic N) is 2. The molecular weight excluding hydrogens is 952 g/mol. The van der Waals surface area contributed by atoms with Crippen molar-refractivity contribution in [2.45, 2.75) is 143 Å². The van der Waals surface area contributed by atoms with Crippen LogP contribution in [0.4, 0.5) is 34.1 Å². The van der Waals surface area contributed by atoms with E-state index in [1.54, 1.807) is 0 Å². The lowest BCUT2D eigenvalue weighted by molar-refractivity contribution is 0.444. The molecule has 1 aliphatic carbocycles. The summed E-state index contributed by atoms with van der Waals surface area (Å²) in [7, 11) is 0. The Hall–Kier alpha value is -7.36. The first-order valence-electron chi connectivity index (χ1n) is 33.6. The van der Waals surface area contributed by atoms with Gasteiger partial charge in [-0.15, -0.1) is 0 Å². The van der Waals surface area contributed by atoms with Crippen molar-refractivity contribution < 1.29 is 13.7 Å². The second-order valence-electron chi connectivity index (χ2n) is 26.6. The standard InChI is InChI=1S/C76H79BN2/c1-73(2,3)58-34-28-53(29-35-58)62-48-60(75(7,8)9)38-42-66(62)78-68-40-32-55(50-22-16-13-17-23-50)44-64(68)77-65-45-56(51-24-18-14-19-25-51)33-41-69(65)79(71-47-57(46-70(78)72(71)77)52-26-20-15-21-27-52)67-43-39-61(76(10,11)12)49-63(67)54-30-36-59(37-31-54)74(4,5)6/h13-14,16-19,22-25,28-49,52H,15,20-21,26-27H2,1-12H3/i13D,14D,16D,17D,18D,19D,22D,23D,24D,25D. The average molecular weight is 1040 g/mol. The SMILES string of the molecule is [2H]c1c([2H])c([2H])c(-c2ccc3c(c2)B2c4cc(-c5c([2H])c([2H])c([2H])c([2H])c5[2H])ccc4N(c4ccc(C(C)(C)C)cc4-c4ccc(C(C)(C)C)cc4)c4cc(C5CCCCC5)cc(c42)N3c2ccc(C(C)(C)C)cc2-c2ccc(C(C)(C)C)cc2)c([2H])c1[2H]. The van der Waals surface area contributed by atoms with E-state index in [0.717, 1.165) is 98.4 Å². The van der Waals surface area contributed by atoms with E-state index in [2.05, 4.69) is 202 Å². The quantitative estimate of drug-likeness (QED) is 0.147. The molecule has 0 spiro atoms. The van der Waals surface area contributed by atoms with Crippen LogP contribution in [0.25, 0.3) is 44.5 Å². The van der Waals surface area contributed by atoms with Crippen molar-refractivity contribution in [3.05, 3.63) is 222 Å². The number of benzene rings is 9. The van der Waals surface area contributed by atoms with Crippen LogP contribution in [0.3, 0.4) is 0 Å². The van der Waals surface area contributed by atoms with Gasteiger partial charge in [0.25, 0.3) is 6.71 Å². The molecule has 0 atom stereocenters. The highest BCUT2D eigenvalue weighted by Crippen LogP contribution is 2.52. The van der Waals surface area contributed by atoms with Crippen LogP contribution in [-0.2, 0) is 21.7 Å². The summed E-state index contributed by atoms with van der Waals surface area (Å²) in [6, 6.07) is 44.5. The minimum atomic E-state index is -0.612. The maximum Gasteiger partial charge on any atom is 0.252 e. The molecule has 9 aromatic carbocycles. The molecule has 2 heterocycles. The summed E-state index contributed by atoms with van der Waals surface area (Å²) in [6.45, 7) is 26.2. The molecule has 1 fully saturated rings. The van der Waals surface area contributed by atoms with Gasteiger partial charge in [0, 0.05) is 33.9 Å². The van der Waals surface area contributed by atoms with Gasteiger partial charge in [0.05, 0.1) is 25.1 Å². The van der Waals surface area contributed by atoms with E-state index in [-0.39, 0.29) is 62.9 Å². The maximum atomic E-state index is 9.38. The number of hydrogen-bond donors (Lipinski definition) is 0. The van der Waals surface area contributed by atoms with Gasteiger partial charge >= 0.3 is 0 Å². The van der Waals surface area contributed by atoms with Crippen molar-refractivity contribution in [1.29, 1.82) is 0 Å². The number of rotatable bonds is 7. The van der Waals surface area contributed by atoms with E-state index in [9.17, 15) is 5.48 Å². The maximum absolute atomic E-state index is 9.38. The molecule has 396 valence electrons. The first-order valence-corrected chi connectivity index (χ1v) is 28.6. The number of fused-ring (bicyclic) bond motifs is 4. The van der Waals surface area contributed by atoms with Gasteiger partial charge < -0.3 is 9.80 Å². The topological polar surface area (TPSA) is 6.48 Å². The van der Waals surface area contributed by atoms with Gasteiger partial charge in [-0.3, -0.25) is 0 Å². The molecule has 0 saturated heterocycles. The molecule has 79 heavy (non-hydrogen) atoms. The van der Waals surface area contributed by atoms with Crippen molar-refractivity contribution in [1.82, 2.24) is 0 Å². The first-order chi connectivity index (χ1) is 41.8. The van der Waals surface area contributed by atoms with Gasteiger partial charge in [-0.1, -0.05) is 248 Å². The molecule has 2 aliphatic heterocycles. The molecule has 9 aromatic rings. The van der Waals surface area contributed by atoms with Crippen LogP contribution < -0.4 is 26.2 Å². The Morgan fingerprint density at radius 1 is 0.354 bits per heavy atom. The largest absolute Gasteiger partial charge is 0.311 e. The number of hydrogen-bond acceptors (Lipinski definition) is 2. The fourth-order valence-electron chi connectivity index (χ4n) is 12.5. The summed E-state index contributed by atoms with van der Waals surface area (Å²) in [4.78, 5) is 4.83. The highest BCUT2D eigenvalue weighted by Gasteiger charge is 2.45. The molecular formula is C76H79BN2. The molecule has 3 aliphatic rings. The molecule has 12 rings (SSSR count). The van der Waals surface area contributed by atoms with E-state index in [1.807, 2.05) is 24.3 Å². The third-order valence-corrected chi connectivity index (χ3v) is 17.1. The molecule has 2 nitrogen and oxygen atoms in total. The normalized spacial score (nSPS) is 16.5. The lowest BCUT2D eigenvalue weighted by atomic mass is 9.33. The molecule has 0 N–H and O–H groups in total. The van der Waals surface area contributed by atoms with Crippen molar-refractivity contribution in [3.63, 3.8) is 0 Å². The second kappa shape index (κ2) is 19.8. The summed E-state index contributed by atoms with van der Waals surface area (Å²) in [5.74, 6) is 0.258. The van der Waals surface area contributed by atoms with Gasteiger partial charge in [0.15, 0.2) is 0 Å². The smallest absolute Gasteiger partial charge is 0.252 e. The summed E-state index contributed by atoms with van der Waals surface area (Å²) in [5.41, 5.74) is 18.8. The minimum Gasteiger partial charge on any atom is -0.311 e. The van der Waals surface area contributed by atoms with Gasteiger partial charge in [0.2, 0.25) is 0 Å². The zero-order chi connectivity index (χ0) is 63.9. The molecule has 0 aromatic heterocycles. The zero-order valence-electron chi connectivity index (χ0n) is 58.3. The Morgan fingerprint density at radius 3 is 1.09 bits per heavy atom. The van der Waals surface area contributed by atoms with Crippen LogP contribution >= 0.6 is 0 Å². The Morgan fingerprint density at radius 2 is 0.709 bits per heavy atom. The van der Waals surface area contributed by atoms with Crippen LogP contribution in [-0.4, -0.2) is 6.71 Å². The second-order valence-corrected chi connectivity index (χ2v) is 26.6. The number of anilines is 6. The molecule has 0 radical (unpaired) electrons. The van der Waals surface area contributed by atoms with Crippen LogP contribution in [0.5, 0.6) is 0 Å². The van der Waals surface area contributed by atoms with Gasteiger partial charge in [-0.2, -0.15) is 0 Å². The molecule has 1 saturated carbocycles. The summed E-state index contributed by atoms with van der Waals surface area (Å²) < 4.78 is 90.4. The molecule has 0 bridgehead atoms. The van der Waals surface area contributed by atoms with Crippen LogP contribution in [0.1, 0.15) is 163 Å². The molecule has 0 amide bonds. The Balaban J connectivity index is 1.26. The molecule has 0 unspecified atom stereocenters. The average Bonchev–Trinajstić information content (AvgIpc) is 0.694. The summed E-state index contributed by atoms with van der Waals surface area (Å²) in [5, 5.41) is 0. The van der Waals surface area contributed by atoms with Gasteiger partial charge in [-0.05, 0) is 167 Å². The van der Waals surface area contributed by atoms with Crippen molar-refractivity contribution in [2.75, 3.05) is 9.80 Å². The van der Waals surface area contributed by atoms with Crippen LogP contribution in [0.15, 0.2) is 194 Å². The highest BCUT2D eigenvalue weighted by molar-refractivity contribution is 7.00. The first kappa shape index (κ1) is 41.7. The van der Waals surface area contributed by atoms with E-state index < -0.39 is 43.0 Å². The zero-order valence-corrected chi connectivity index (χ0v) is 48.3. The lowest BCUT2D eigenvalue weighted by Gasteiger charge is -2.46. The third kappa shape index (κ3) is 9.76. The minimum absolute atomic E-state index is 0.0839. The van der Waals surface area contributed by atoms with Crippen molar-refractivity contribution in [3.8, 4) is 44.5 Å². The lowest BCUT2D eigenvalue weighted by Crippen LogP contribution is -2.61. The fraction of sp³-hybridized carbons (Fsp3) is 0.289. The van der Waals surface area contributed by atoms with E-state index >= 15 is 0 Å². The van der Waals surface area contributed by atoms with E-state index in [4.69, 9.17) is 8.22 Å². The predicted octanol–water partition coefficient (Wildman–Crippen LogP) is 19.7. The van der Waals surface area contributed by atoms with Crippen LogP contribution in [0.2, 0.25) is 0 Å². The predicted molar refractivity (Wildman–Crippen MR) is 343 cm³/mol. The summed E-state index contributed by atoms with van der Waals surface area (Å²) in [6.07, 6.45) is 5.48. The van der Waals surface area contributed by atoms with Crippen molar-refractivity contribution >= 4 is 57.2 Å².